The van der Waals surface area contributed by atoms with Gasteiger partial charge in [0.05, 0.1) is 17.1 Å². The first kappa shape index (κ1) is 6.34. The van der Waals surface area contributed by atoms with Crippen LogP contribution in [0.4, 0.5) is 4.39 Å². The maximum absolute atomic E-state index is 12.9. The molecule has 1 aromatic heterocycles. The molecular formula is C8H6FN2. The number of benzene rings is 1. The Balaban J connectivity index is 2.94. The van der Waals surface area contributed by atoms with Gasteiger partial charge < -0.3 is 0 Å². The van der Waals surface area contributed by atoms with E-state index < -0.39 is 0 Å². The van der Waals surface area contributed by atoms with Crippen LogP contribution in [-0.4, -0.2) is 9.78 Å². The minimum absolute atomic E-state index is 0.244. The highest BCUT2D eigenvalue weighted by molar-refractivity contribution is 5.78. The second-order valence-electron chi connectivity index (χ2n) is 2.36. The van der Waals surface area contributed by atoms with Crippen molar-refractivity contribution >= 4 is 10.9 Å². The summed E-state index contributed by atoms with van der Waals surface area (Å²) in [5.74, 6) is -0.244. The predicted octanol–water partition coefficient (Wildman–Crippen LogP) is 1.51. The minimum Gasteiger partial charge on any atom is -0.267 e. The van der Waals surface area contributed by atoms with Gasteiger partial charge in [-0.1, -0.05) is 0 Å². The maximum Gasteiger partial charge on any atom is 0.134 e. The lowest BCUT2D eigenvalue weighted by Crippen LogP contribution is -1.88. The molecular weight excluding hydrogens is 143 g/mol. The Kier molecular flexibility index (Phi) is 1.18. The molecule has 2 rings (SSSR count). The van der Waals surface area contributed by atoms with Crippen molar-refractivity contribution < 1.29 is 4.39 Å². The van der Waals surface area contributed by atoms with Crippen LogP contribution in [0.5, 0.6) is 0 Å². The molecule has 0 saturated carbocycles. The van der Waals surface area contributed by atoms with Crippen LogP contribution in [0.3, 0.4) is 0 Å². The van der Waals surface area contributed by atoms with Crippen molar-refractivity contribution in [1.29, 1.82) is 0 Å². The average molecular weight is 149 g/mol. The third-order valence-electron chi connectivity index (χ3n) is 1.65. The standard InChI is InChI=1S/C8H6FN2/c1-11-8-4-2-3-7(9)6(8)5-10-11/h2-3,5H,1H3. The summed E-state index contributed by atoms with van der Waals surface area (Å²) in [6, 6.07) is 5.83. The maximum atomic E-state index is 12.9. The summed E-state index contributed by atoms with van der Waals surface area (Å²) >= 11 is 0. The fourth-order valence-corrected chi connectivity index (χ4v) is 1.07. The molecule has 1 heterocycles. The van der Waals surface area contributed by atoms with Gasteiger partial charge in [-0.25, -0.2) is 4.39 Å². The predicted molar refractivity (Wildman–Crippen MR) is 39.5 cm³/mol. The van der Waals surface area contributed by atoms with Crippen molar-refractivity contribution in [3.8, 4) is 0 Å². The van der Waals surface area contributed by atoms with E-state index in [9.17, 15) is 4.39 Å². The van der Waals surface area contributed by atoms with Crippen LogP contribution in [0.1, 0.15) is 0 Å². The van der Waals surface area contributed by atoms with Gasteiger partial charge in [-0.3, -0.25) is 4.68 Å². The highest BCUT2D eigenvalue weighted by atomic mass is 19.1. The number of hydrogen-bond donors (Lipinski definition) is 0. The molecule has 3 heteroatoms. The minimum atomic E-state index is -0.244. The fourth-order valence-electron chi connectivity index (χ4n) is 1.07. The van der Waals surface area contributed by atoms with E-state index in [4.69, 9.17) is 0 Å². The van der Waals surface area contributed by atoms with Gasteiger partial charge in [0.15, 0.2) is 0 Å². The Morgan fingerprint density at radius 3 is 3.18 bits per heavy atom. The molecule has 0 saturated heterocycles. The quantitative estimate of drug-likeness (QED) is 0.555. The van der Waals surface area contributed by atoms with Crippen molar-refractivity contribution in [1.82, 2.24) is 9.78 Å². The number of aryl methyl sites for hydroxylation is 1. The zero-order chi connectivity index (χ0) is 7.84. The first-order chi connectivity index (χ1) is 5.29. The molecule has 0 unspecified atom stereocenters. The summed E-state index contributed by atoms with van der Waals surface area (Å²) < 4.78 is 14.5. The van der Waals surface area contributed by atoms with E-state index in [1.165, 1.54) is 12.3 Å². The Hall–Kier alpha value is -1.38. The summed E-state index contributed by atoms with van der Waals surface area (Å²) in [6.45, 7) is 0. The van der Waals surface area contributed by atoms with Crippen LogP contribution < -0.4 is 0 Å². The average Bonchev–Trinajstić information content (AvgIpc) is 2.35. The van der Waals surface area contributed by atoms with E-state index in [0.717, 1.165) is 0 Å². The van der Waals surface area contributed by atoms with Crippen molar-refractivity contribution in [3.05, 3.63) is 30.2 Å². The largest absolute Gasteiger partial charge is 0.267 e. The monoisotopic (exact) mass is 149 g/mol. The number of aromatic nitrogens is 2. The van der Waals surface area contributed by atoms with E-state index >= 15 is 0 Å². The summed E-state index contributed by atoms with van der Waals surface area (Å²) in [7, 11) is 1.76. The Morgan fingerprint density at radius 1 is 1.64 bits per heavy atom. The van der Waals surface area contributed by atoms with Crippen LogP contribution in [0.25, 0.3) is 10.9 Å². The van der Waals surface area contributed by atoms with Crippen molar-refractivity contribution in [2.45, 2.75) is 0 Å². The molecule has 0 aliphatic heterocycles. The molecule has 1 aromatic carbocycles. The molecule has 2 nitrogen and oxygen atoms in total. The summed E-state index contributed by atoms with van der Waals surface area (Å²) in [4.78, 5) is 0. The van der Waals surface area contributed by atoms with E-state index in [0.29, 0.717) is 10.9 Å². The van der Waals surface area contributed by atoms with Gasteiger partial charge in [-0.05, 0) is 12.1 Å². The van der Waals surface area contributed by atoms with Gasteiger partial charge in [0.2, 0.25) is 0 Å². The normalized spacial score (nSPS) is 10.7. The molecule has 0 atom stereocenters. The van der Waals surface area contributed by atoms with E-state index in [2.05, 4.69) is 11.2 Å². The van der Waals surface area contributed by atoms with Gasteiger partial charge in [0, 0.05) is 13.1 Å². The lowest BCUT2D eigenvalue weighted by Gasteiger charge is -1.91. The van der Waals surface area contributed by atoms with E-state index in [1.54, 1.807) is 17.8 Å². The number of fused-ring (bicyclic) bond motifs is 1. The highest BCUT2D eigenvalue weighted by Crippen LogP contribution is 2.14. The third-order valence-corrected chi connectivity index (χ3v) is 1.65. The van der Waals surface area contributed by atoms with Crippen LogP contribution in [0, 0.1) is 11.9 Å². The molecule has 0 aliphatic carbocycles. The van der Waals surface area contributed by atoms with Gasteiger partial charge in [0.25, 0.3) is 0 Å². The van der Waals surface area contributed by atoms with Gasteiger partial charge >= 0.3 is 0 Å². The highest BCUT2D eigenvalue weighted by Gasteiger charge is 2.02. The molecule has 0 aliphatic rings. The van der Waals surface area contributed by atoms with Gasteiger partial charge in [-0.15, -0.1) is 0 Å². The lowest BCUT2D eigenvalue weighted by molar-refractivity contribution is 0.640. The second kappa shape index (κ2) is 2.05. The molecule has 0 spiro atoms. The molecule has 2 aromatic rings. The molecule has 1 radical (unpaired) electrons. The van der Waals surface area contributed by atoms with E-state index in [-0.39, 0.29) is 5.82 Å². The zero-order valence-corrected chi connectivity index (χ0v) is 6.00. The Morgan fingerprint density at radius 2 is 2.45 bits per heavy atom. The van der Waals surface area contributed by atoms with Crippen LogP contribution in [-0.2, 0) is 7.05 Å². The Bertz CT molecular complexity index is 392. The summed E-state index contributed by atoms with van der Waals surface area (Å²) in [5, 5.41) is 4.43. The summed E-state index contributed by atoms with van der Waals surface area (Å²) in [6.07, 6.45) is 1.50. The van der Waals surface area contributed by atoms with Gasteiger partial charge in [0.1, 0.15) is 5.82 Å². The first-order valence-corrected chi connectivity index (χ1v) is 3.27. The van der Waals surface area contributed by atoms with Crippen molar-refractivity contribution in [2.24, 2.45) is 7.05 Å². The fraction of sp³-hybridized carbons (Fsp3) is 0.125. The molecule has 55 valence electrons. The summed E-state index contributed by atoms with van der Waals surface area (Å²) in [5.41, 5.74) is 0.699. The van der Waals surface area contributed by atoms with Crippen LogP contribution in [0.2, 0.25) is 0 Å². The van der Waals surface area contributed by atoms with E-state index in [1.807, 2.05) is 0 Å². The second-order valence-corrected chi connectivity index (χ2v) is 2.36. The van der Waals surface area contributed by atoms with Crippen LogP contribution in [0.15, 0.2) is 18.3 Å². The Labute approximate surface area is 63.3 Å². The van der Waals surface area contributed by atoms with Gasteiger partial charge in [-0.2, -0.15) is 5.10 Å². The molecule has 0 bridgehead atoms. The van der Waals surface area contributed by atoms with Crippen molar-refractivity contribution in [3.63, 3.8) is 0 Å². The molecule has 11 heavy (non-hydrogen) atoms. The first-order valence-electron chi connectivity index (χ1n) is 3.27. The third kappa shape index (κ3) is 0.808. The molecule has 0 N–H and O–H groups in total. The van der Waals surface area contributed by atoms with Crippen molar-refractivity contribution in [2.75, 3.05) is 0 Å². The lowest BCUT2D eigenvalue weighted by atomic mass is 10.2. The van der Waals surface area contributed by atoms with Crippen LogP contribution >= 0.6 is 0 Å². The number of rotatable bonds is 0. The number of nitrogens with zero attached hydrogens (tertiary/aromatic N) is 2. The topological polar surface area (TPSA) is 17.8 Å². The SMILES string of the molecule is Cn1ncc2c(F)cc[c]c21. The number of halogens is 1. The smallest absolute Gasteiger partial charge is 0.134 e. The number of hydrogen-bond acceptors (Lipinski definition) is 1. The zero-order valence-electron chi connectivity index (χ0n) is 6.00. The molecule has 0 fully saturated rings. The molecule has 0 amide bonds.